The zero-order chi connectivity index (χ0) is 14.3. The van der Waals surface area contributed by atoms with Crippen LogP contribution in [0.4, 0.5) is 5.69 Å². The molecule has 0 radical (unpaired) electrons. The second kappa shape index (κ2) is 7.79. The van der Waals surface area contributed by atoms with Gasteiger partial charge in [0.1, 0.15) is 0 Å². The van der Waals surface area contributed by atoms with Crippen molar-refractivity contribution in [2.75, 3.05) is 25.5 Å². The minimum atomic E-state index is -0.120. The first kappa shape index (κ1) is 15.5. The average molecular weight is 264 g/mol. The molecule has 0 aliphatic rings. The molecule has 0 aliphatic heterocycles. The van der Waals surface area contributed by atoms with E-state index in [4.69, 9.17) is 10.5 Å². The van der Waals surface area contributed by atoms with Crippen molar-refractivity contribution in [1.29, 1.82) is 0 Å². The van der Waals surface area contributed by atoms with Crippen molar-refractivity contribution in [3.05, 3.63) is 29.3 Å². The molecule has 0 saturated heterocycles. The maximum absolute atomic E-state index is 11.9. The third kappa shape index (κ3) is 5.75. The Hall–Kier alpha value is -1.55. The van der Waals surface area contributed by atoms with Crippen LogP contribution in [0, 0.1) is 12.8 Å². The standard InChI is InChI=1S/C15H24N2O2/c1-11(2)10-19-8-4-7-17-15(18)13-9-12(3)5-6-14(13)16/h5-6,9,11H,4,7-8,10,16H2,1-3H3,(H,17,18). The molecule has 0 saturated carbocycles. The van der Waals surface area contributed by atoms with E-state index >= 15 is 0 Å². The van der Waals surface area contributed by atoms with Crippen LogP contribution in [0.1, 0.15) is 36.2 Å². The molecule has 0 fully saturated rings. The van der Waals surface area contributed by atoms with Crippen molar-refractivity contribution >= 4 is 11.6 Å². The van der Waals surface area contributed by atoms with Crippen molar-refractivity contribution in [2.45, 2.75) is 27.2 Å². The predicted octanol–water partition coefficient (Wildman–Crippen LogP) is 2.37. The van der Waals surface area contributed by atoms with Gasteiger partial charge in [0.15, 0.2) is 0 Å². The van der Waals surface area contributed by atoms with Gasteiger partial charge >= 0.3 is 0 Å². The summed E-state index contributed by atoms with van der Waals surface area (Å²) in [5.41, 5.74) is 7.88. The Labute approximate surface area is 115 Å². The molecule has 0 atom stereocenters. The van der Waals surface area contributed by atoms with Crippen LogP contribution >= 0.6 is 0 Å². The van der Waals surface area contributed by atoms with E-state index in [1.54, 1.807) is 12.1 Å². The summed E-state index contributed by atoms with van der Waals surface area (Å²) in [6.45, 7) is 8.20. The zero-order valence-electron chi connectivity index (χ0n) is 12.0. The van der Waals surface area contributed by atoms with Gasteiger partial charge in [0.2, 0.25) is 0 Å². The first-order valence-corrected chi connectivity index (χ1v) is 6.72. The van der Waals surface area contributed by atoms with Crippen LogP contribution < -0.4 is 11.1 Å². The van der Waals surface area contributed by atoms with Gasteiger partial charge in [0.05, 0.1) is 5.56 Å². The van der Waals surface area contributed by atoms with E-state index in [1.165, 1.54) is 0 Å². The van der Waals surface area contributed by atoms with Crippen molar-refractivity contribution in [1.82, 2.24) is 5.32 Å². The average Bonchev–Trinajstić information content (AvgIpc) is 2.36. The molecule has 0 heterocycles. The number of anilines is 1. The normalized spacial score (nSPS) is 10.7. The molecule has 106 valence electrons. The second-order valence-corrected chi connectivity index (χ2v) is 5.17. The molecule has 0 unspecified atom stereocenters. The lowest BCUT2D eigenvalue weighted by molar-refractivity contribution is 0.0925. The molecule has 3 N–H and O–H groups in total. The lowest BCUT2D eigenvalue weighted by Crippen LogP contribution is -2.26. The van der Waals surface area contributed by atoms with Gasteiger partial charge < -0.3 is 15.8 Å². The third-order valence-corrected chi connectivity index (χ3v) is 2.66. The van der Waals surface area contributed by atoms with Gasteiger partial charge in [0, 0.05) is 25.4 Å². The second-order valence-electron chi connectivity index (χ2n) is 5.17. The Bertz CT molecular complexity index is 417. The minimum absolute atomic E-state index is 0.120. The number of benzene rings is 1. The van der Waals surface area contributed by atoms with E-state index in [0.717, 1.165) is 18.6 Å². The highest BCUT2D eigenvalue weighted by Crippen LogP contribution is 2.13. The molecule has 0 aliphatic carbocycles. The number of rotatable bonds is 7. The molecule has 0 spiro atoms. The molecule has 1 aromatic carbocycles. The van der Waals surface area contributed by atoms with Gasteiger partial charge in [-0.15, -0.1) is 0 Å². The van der Waals surface area contributed by atoms with Crippen LogP contribution in [-0.4, -0.2) is 25.7 Å². The Morgan fingerprint density at radius 1 is 1.42 bits per heavy atom. The van der Waals surface area contributed by atoms with E-state index in [-0.39, 0.29) is 5.91 Å². The number of nitrogens with two attached hydrogens (primary N) is 1. The summed E-state index contributed by atoms with van der Waals surface area (Å²) in [6, 6.07) is 5.46. The topological polar surface area (TPSA) is 64.4 Å². The van der Waals surface area contributed by atoms with Crippen LogP contribution in [0.3, 0.4) is 0 Å². The van der Waals surface area contributed by atoms with Crippen LogP contribution in [0.15, 0.2) is 18.2 Å². The summed E-state index contributed by atoms with van der Waals surface area (Å²) in [5.74, 6) is 0.423. The molecule has 0 aromatic heterocycles. The van der Waals surface area contributed by atoms with E-state index in [2.05, 4.69) is 19.2 Å². The van der Waals surface area contributed by atoms with Crippen molar-refractivity contribution < 1.29 is 9.53 Å². The van der Waals surface area contributed by atoms with E-state index in [9.17, 15) is 4.79 Å². The van der Waals surface area contributed by atoms with Crippen LogP contribution in [0.5, 0.6) is 0 Å². The monoisotopic (exact) mass is 264 g/mol. The fraction of sp³-hybridized carbons (Fsp3) is 0.533. The molecule has 0 bridgehead atoms. The highest BCUT2D eigenvalue weighted by atomic mass is 16.5. The van der Waals surface area contributed by atoms with Gasteiger partial charge in [-0.2, -0.15) is 0 Å². The number of ether oxygens (including phenoxy) is 1. The lowest BCUT2D eigenvalue weighted by Gasteiger charge is -2.09. The largest absolute Gasteiger partial charge is 0.398 e. The molecule has 4 heteroatoms. The van der Waals surface area contributed by atoms with Crippen molar-refractivity contribution in [3.8, 4) is 0 Å². The number of hydrogen-bond donors (Lipinski definition) is 2. The number of carbonyl (C=O) groups is 1. The molecular weight excluding hydrogens is 240 g/mol. The third-order valence-electron chi connectivity index (χ3n) is 2.66. The Morgan fingerprint density at radius 2 is 2.16 bits per heavy atom. The number of hydrogen-bond acceptors (Lipinski definition) is 3. The maximum Gasteiger partial charge on any atom is 0.253 e. The van der Waals surface area contributed by atoms with Gasteiger partial charge in [0.25, 0.3) is 5.91 Å². The fourth-order valence-corrected chi connectivity index (χ4v) is 1.66. The van der Waals surface area contributed by atoms with Crippen LogP contribution in [0.25, 0.3) is 0 Å². The van der Waals surface area contributed by atoms with Crippen molar-refractivity contribution in [3.63, 3.8) is 0 Å². The fourth-order valence-electron chi connectivity index (χ4n) is 1.66. The zero-order valence-corrected chi connectivity index (χ0v) is 12.0. The summed E-state index contributed by atoms with van der Waals surface area (Å²) in [6.07, 6.45) is 0.810. The van der Waals surface area contributed by atoms with E-state index in [0.29, 0.717) is 30.3 Å². The molecule has 1 aromatic rings. The summed E-state index contributed by atoms with van der Waals surface area (Å²) in [4.78, 5) is 11.9. The highest BCUT2D eigenvalue weighted by Gasteiger charge is 2.08. The summed E-state index contributed by atoms with van der Waals surface area (Å²) >= 11 is 0. The summed E-state index contributed by atoms with van der Waals surface area (Å²) in [5, 5.41) is 2.86. The number of nitrogens with one attached hydrogen (secondary N) is 1. The SMILES string of the molecule is Cc1ccc(N)c(C(=O)NCCCOCC(C)C)c1. The molecule has 19 heavy (non-hydrogen) atoms. The van der Waals surface area contributed by atoms with Gasteiger partial charge in [-0.1, -0.05) is 25.5 Å². The molecule has 4 nitrogen and oxygen atoms in total. The number of aryl methyl sites for hydroxylation is 1. The predicted molar refractivity (Wildman–Crippen MR) is 78.2 cm³/mol. The number of nitrogen functional groups attached to an aromatic ring is 1. The van der Waals surface area contributed by atoms with Crippen LogP contribution in [0.2, 0.25) is 0 Å². The van der Waals surface area contributed by atoms with Gasteiger partial charge in [-0.3, -0.25) is 4.79 Å². The highest BCUT2D eigenvalue weighted by molar-refractivity contribution is 5.99. The van der Waals surface area contributed by atoms with E-state index < -0.39 is 0 Å². The van der Waals surface area contributed by atoms with Gasteiger partial charge in [-0.05, 0) is 31.4 Å². The first-order chi connectivity index (χ1) is 9.00. The van der Waals surface area contributed by atoms with Gasteiger partial charge in [-0.25, -0.2) is 0 Å². The first-order valence-electron chi connectivity index (χ1n) is 6.72. The lowest BCUT2D eigenvalue weighted by atomic mass is 10.1. The smallest absolute Gasteiger partial charge is 0.253 e. The number of carbonyl (C=O) groups excluding carboxylic acids is 1. The number of amides is 1. The molecule has 1 amide bonds. The van der Waals surface area contributed by atoms with E-state index in [1.807, 2.05) is 13.0 Å². The Kier molecular flexibility index (Phi) is 6.36. The van der Waals surface area contributed by atoms with Crippen LogP contribution in [-0.2, 0) is 4.74 Å². The Morgan fingerprint density at radius 3 is 2.84 bits per heavy atom. The minimum Gasteiger partial charge on any atom is -0.398 e. The molecule has 1 rings (SSSR count). The summed E-state index contributed by atoms with van der Waals surface area (Å²) < 4.78 is 5.45. The Balaban J connectivity index is 2.29. The maximum atomic E-state index is 11.9. The van der Waals surface area contributed by atoms with Crippen molar-refractivity contribution in [2.24, 2.45) is 5.92 Å². The quantitative estimate of drug-likeness (QED) is 0.587. The molecular formula is C15H24N2O2. The summed E-state index contributed by atoms with van der Waals surface area (Å²) in [7, 11) is 0.